The fourth-order valence-electron chi connectivity index (χ4n) is 5.03. The van der Waals surface area contributed by atoms with Gasteiger partial charge in [-0.1, -0.05) is 0 Å². The molecule has 0 aliphatic heterocycles. The first-order chi connectivity index (χ1) is 13.1. The summed E-state index contributed by atoms with van der Waals surface area (Å²) >= 11 is 0. The Labute approximate surface area is 164 Å². The molecule has 2 aromatic heterocycles. The number of ether oxygens (including phenoxy) is 2. The highest BCUT2D eigenvalue weighted by atomic mass is 16.6. The third kappa shape index (κ3) is 2.88. The molecule has 0 unspecified atom stereocenters. The summed E-state index contributed by atoms with van der Waals surface area (Å²) in [5.41, 5.74) is 0.691. The van der Waals surface area contributed by atoms with E-state index in [2.05, 4.69) is 9.97 Å². The zero-order valence-electron chi connectivity index (χ0n) is 17.2. The second kappa shape index (κ2) is 6.03. The highest BCUT2D eigenvalue weighted by Crippen LogP contribution is 2.74. The van der Waals surface area contributed by atoms with Crippen LogP contribution < -0.4 is 10.3 Å². The molecule has 3 fully saturated rings. The van der Waals surface area contributed by atoms with Crippen LogP contribution in [0.15, 0.2) is 17.2 Å². The largest absolute Gasteiger partial charge is 0.477 e. The topological polar surface area (TPSA) is 83.3 Å². The van der Waals surface area contributed by atoms with Gasteiger partial charge in [0.05, 0.1) is 18.4 Å². The fraction of sp³-hybridized carbons (Fsp3) is 0.619. The first-order valence-electron chi connectivity index (χ1n) is 9.78. The van der Waals surface area contributed by atoms with Gasteiger partial charge in [0, 0.05) is 18.0 Å². The third-order valence-electron chi connectivity index (χ3n) is 5.90. The molecular formula is C21H27N3O4. The average molecular weight is 385 g/mol. The van der Waals surface area contributed by atoms with Gasteiger partial charge in [-0.3, -0.25) is 14.2 Å². The van der Waals surface area contributed by atoms with E-state index in [4.69, 9.17) is 9.47 Å². The maximum Gasteiger partial charge on any atom is 0.306 e. The van der Waals surface area contributed by atoms with E-state index >= 15 is 0 Å². The van der Waals surface area contributed by atoms with Gasteiger partial charge in [0.25, 0.3) is 5.56 Å². The Morgan fingerprint density at radius 1 is 1.25 bits per heavy atom. The molecule has 150 valence electrons. The van der Waals surface area contributed by atoms with Crippen LogP contribution in [0, 0.1) is 5.41 Å². The van der Waals surface area contributed by atoms with Crippen LogP contribution in [0.25, 0.3) is 11.0 Å². The van der Waals surface area contributed by atoms with Gasteiger partial charge in [-0.25, -0.2) is 9.97 Å². The minimum atomic E-state index is -0.470. The van der Waals surface area contributed by atoms with Crippen molar-refractivity contribution in [3.63, 3.8) is 0 Å². The molecule has 3 aliphatic rings. The highest BCUT2D eigenvalue weighted by molar-refractivity contribution is 5.81. The second-order valence-electron chi connectivity index (χ2n) is 9.35. The quantitative estimate of drug-likeness (QED) is 0.736. The van der Waals surface area contributed by atoms with Gasteiger partial charge >= 0.3 is 5.97 Å². The zero-order chi connectivity index (χ0) is 20.3. The van der Waals surface area contributed by atoms with E-state index < -0.39 is 5.60 Å². The SMILES string of the molecule is CCOc1ncnc2c1cc(C13CC(CC(=O)OC(C)(C)C)(C1)C3)c(=O)n2C. The summed E-state index contributed by atoms with van der Waals surface area (Å²) in [5, 5.41) is 0.757. The lowest BCUT2D eigenvalue weighted by Gasteiger charge is -2.70. The van der Waals surface area contributed by atoms with E-state index in [0.29, 0.717) is 24.6 Å². The van der Waals surface area contributed by atoms with Crippen molar-refractivity contribution in [2.75, 3.05) is 6.61 Å². The zero-order valence-corrected chi connectivity index (χ0v) is 17.2. The van der Waals surface area contributed by atoms with Gasteiger partial charge in [-0.05, 0) is 58.4 Å². The van der Waals surface area contributed by atoms with Crippen molar-refractivity contribution in [2.45, 2.75) is 64.4 Å². The van der Waals surface area contributed by atoms with Crippen LogP contribution in [0.3, 0.4) is 0 Å². The summed E-state index contributed by atoms with van der Waals surface area (Å²) in [6.07, 6.45) is 4.38. The summed E-state index contributed by atoms with van der Waals surface area (Å²) in [6.45, 7) is 8.04. The van der Waals surface area contributed by atoms with Crippen molar-refractivity contribution in [1.82, 2.24) is 14.5 Å². The maximum atomic E-state index is 13.0. The molecule has 0 N–H and O–H groups in total. The smallest absolute Gasteiger partial charge is 0.306 e. The van der Waals surface area contributed by atoms with Crippen LogP contribution >= 0.6 is 0 Å². The minimum absolute atomic E-state index is 0.0156. The molecule has 7 heteroatoms. The molecule has 5 rings (SSSR count). The molecule has 0 saturated heterocycles. The lowest BCUT2D eigenvalue weighted by molar-refractivity contribution is -0.183. The first kappa shape index (κ1) is 18.9. The lowest BCUT2D eigenvalue weighted by atomic mass is 9.33. The van der Waals surface area contributed by atoms with E-state index in [1.807, 2.05) is 33.8 Å². The maximum absolute atomic E-state index is 13.0. The molecule has 2 heterocycles. The number of esters is 1. The van der Waals surface area contributed by atoms with Crippen LogP contribution in [0.1, 0.15) is 58.9 Å². The molecule has 2 bridgehead atoms. The lowest BCUT2D eigenvalue weighted by Crippen LogP contribution is -2.66. The van der Waals surface area contributed by atoms with Crippen LogP contribution in [0.2, 0.25) is 0 Å². The molecule has 2 aromatic rings. The molecule has 0 radical (unpaired) electrons. The molecule has 3 saturated carbocycles. The van der Waals surface area contributed by atoms with Gasteiger partial charge in [-0.2, -0.15) is 0 Å². The van der Waals surface area contributed by atoms with Crippen LogP contribution in [-0.4, -0.2) is 32.7 Å². The van der Waals surface area contributed by atoms with Crippen LogP contribution in [0.4, 0.5) is 0 Å². The highest BCUT2D eigenvalue weighted by Gasteiger charge is 2.69. The normalized spacial score (nSPS) is 25.8. The third-order valence-corrected chi connectivity index (χ3v) is 5.90. The Morgan fingerprint density at radius 2 is 1.93 bits per heavy atom. The van der Waals surface area contributed by atoms with Gasteiger partial charge < -0.3 is 9.47 Å². The van der Waals surface area contributed by atoms with E-state index in [0.717, 1.165) is 30.2 Å². The molecule has 3 aliphatic carbocycles. The number of hydrogen-bond acceptors (Lipinski definition) is 6. The fourth-order valence-corrected chi connectivity index (χ4v) is 5.03. The Morgan fingerprint density at radius 3 is 2.54 bits per heavy atom. The summed E-state index contributed by atoms with van der Waals surface area (Å²) in [6, 6.07) is 1.90. The Kier molecular flexibility index (Phi) is 4.07. The van der Waals surface area contributed by atoms with Crippen LogP contribution in [-0.2, 0) is 22.0 Å². The predicted octanol–water partition coefficient (Wildman–Crippen LogP) is 2.88. The predicted molar refractivity (Wildman–Crippen MR) is 104 cm³/mol. The van der Waals surface area contributed by atoms with Crippen molar-refractivity contribution in [1.29, 1.82) is 0 Å². The van der Waals surface area contributed by atoms with Gasteiger partial charge in [-0.15, -0.1) is 0 Å². The monoisotopic (exact) mass is 385 g/mol. The van der Waals surface area contributed by atoms with Gasteiger partial charge in [0.2, 0.25) is 5.88 Å². The van der Waals surface area contributed by atoms with Crippen LogP contribution in [0.5, 0.6) is 5.88 Å². The number of aromatic nitrogens is 3. The number of pyridine rings is 1. The summed E-state index contributed by atoms with van der Waals surface area (Å²) in [4.78, 5) is 33.7. The van der Waals surface area contributed by atoms with Crippen molar-refractivity contribution in [3.05, 3.63) is 28.3 Å². The van der Waals surface area contributed by atoms with E-state index in [1.54, 1.807) is 11.6 Å². The van der Waals surface area contributed by atoms with Crippen molar-refractivity contribution in [2.24, 2.45) is 12.5 Å². The molecule has 0 spiro atoms. The number of hydrogen-bond donors (Lipinski definition) is 0. The Hall–Kier alpha value is -2.44. The second-order valence-corrected chi connectivity index (χ2v) is 9.35. The molecule has 28 heavy (non-hydrogen) atoms. The number of carbonyl (C=O) groups excluding carboxylic acids is 1. The Bertz CT molecular complexity index is 999. The molecule has 7 nitrogen and oxygen atoms in total. The Balaban J connectivity index is 1.61. The standard InChI is InChI=1S/C21H27N3O4/c1-6-27-17-13-7-14(18(26)24(5)16(13)22-12-23-17)21-9-20(10-21,11-21)8-15(25)28-19(2,3)4/h7,12H,6,8-11H2,1-5H3. The minimum Gasteiger partial charge on any atom is -0.477 e. The van der Waals surface area contributed by atoms with Crippen molar-refractivity contribution < 1.29 is 14.3 Å². The number of fused-ring (bicyclic) bond motifs is 1. The molecule has 0 amide bonds. The number of rotatable bonds is 5. The summed E-state index contributed by atoms with van der Waals surface area (Å²) in [7, 11) is 1.73. The van der Waals surface area contributed by atoms with Crippen molar-refractivity contribution in [3.8, 4) is 5.88 Å². The molecule has 0 aromatic carbocycles. The number of nitrogens with zero attached hydrogens (tertiary/aromatic N) is 3. The summed E-state index contributed by atoms with van der Waals surface area (Å²) < 4.78 is 12.7. The van der Waals surface area contributed by atoms with Gasteiger partial charge in [0.15, 0.2) is 0 Å². The van der Waals surface area contributed by atoms with E-state index in [-0.39, 0.29) is 22.4 Å². The molecule has 0 atom stereocenters. The summed E-state index contributed by atoms with van der Waals surface area (Å²) in [5.74, 6) is 0.346. The first-order valence-corrected chi connectivity index (χ1v) is 9.78. The van der Waals surface area contributed by atoms with E-state index in [1.165, 1.54) is 6.33 Å². The number of aryl methyl sites for hydroxylation is 1. The van der Waals surface area contributed by atoms with Crippen molar-refractivity contribution >= 4 is 17.0 Å². The average Bonchev–Trinajstić information content (AvgIpc) is 2.52. The molecular weight excluding hydrogens is 358 g/mol. The number of carbonyl (C=O) groups is 1. The van der Waals surface area contributed by atoms with E-state index in [9.17, 15) is 9.59 Å². The van der Waals surface area contributed by atoms with Gasteiger partial charge in [0.1, 0.15) is 17.6 Å².